The lowest BCUT2D eigenvalue weighted by Crippen LogP contribution is -2.03. The van der Waals surface area contributed by atoms with E-state index in [1.54, 1.807) is 11.8 Å². The Morgan fingerprint density at radius 1 is 1.06 bits per heavy atom. The van der Waals surface area contributed by atoms with Crippen molar-refractivity contribution in [2.45, 2.75) is 11.3 Å². The van der Waals surface area contributed by atoms with Crippen LogP contribution in [0.2, 0.25) is 0 Å². The predicted molar refractivity (Wildman–Crippen MR) is 80.4 cm³/mol. The summed E-state index contributed by atoms with van der Waals surface area (Å²) in [7, 11) is 0. The molecule has 92 valence electrons. The number of Topliss-reactive ketones (excluding diaryl/α,β-unsaturated/α-hetero) is 1. The van der Waals surface area contributed by atoms with Crippen molar-refractivity contribution >= 4 is 33.5 Å². The highest BCUT2D eigenvalue weighted by Crippen LogP contribution is 2.17. The highest BCUT2D eigenvalue weighted by atomic mass is 79.9. The topological polar surface area (TPSA) is 17.1 Å². The number of halogens is 1. The van der Waals surface area contributed by atoms with Gasteiger partial charge in [0, 0.05) is 21.4 Å². The van der Waals surface area contributed by atoms with Gasteiger partial charge in [0.15, 0.2) is 5.78 Å². The van der Waals surface area contributed by atoms with Crippen molar-refractivity contribution in [1.29, 1.82) is 0 Å². The molecule has 0 aromatic heterocycles. The van der Waals surface area contributed by atoms with Crippen LogP contribution in [-0.2, 0) is 6.42 Å². The number of rotatable bonds is 4. The zero-order valence-electron chi connectivity index (χ0n) is 10.0. The first-order valence-corrected chi connectivity index (χ1v) is 7.62. The third kappa shape index (κ3) is 3.47. The third-order valence-corrected chi connectivity index (χ3v) is 3.96. The van der Waals surface area contributed by atoms with Crippen molar-refractivity contribution in [1.82, 2.24) is 0 Å². The van der Waals surface area contributed by atoms with Gasteiger partial charge in [-0.15, -0.1) is 11.8 Å². The molecule has 1 nitrogen and oxygen atoms in total. The average Bonchev–Trinajstić information content (AvgIpc) is 2.40. The Kier molecular flexibility index (Phi) is 4.61. The minimum atomic E-state index is 0.152. The van der Waals surface area contributed by atoms with Crippen LogP contribution in [0.4, 0.5) is 0 Å². The van der Waals surface area contributed by atoms with Gasteiger partial charge in [0.25, 0.3) is 0 Å². The van der Waals surface area contributed by atoms with Crippen LogP contribution in [0.25, 0.3) is 0 Å². The van der Waals surface area contributed by atoms with Crippen molar-refractivity contribution < 1.29 is 4.79 Å². The van der Waals surface area contributed by atoms with E-state index < -0.39 is 0 Å². The van der Waals surface area contributed by atoms with E-state index in [-0.39, 0.29) is 5.78 Å². The molecule has 0 heterocycles. The van der Waals surface area contributed by atoms with Crippen LogP contribution >= 0.6 is 27.7 Å². The second-order valence-corrected chi connectivity index (χ2v) is 5.75. The van der Waals surface area contributed by atoms with Crippen LogP contribution in [0, 0.1) is 0 Å². The fourth-order valence-corrected chi connectivity index (χ4v) is 2.34. The maximum atomic E-state index is 12.1. The van der Waals surface area contributed by atoms with Crippen LogP contribution in [0.3, 0.4) is 0 Å². The van der Waals surface area contributed by atoms with Gasteiger partial charge in [-0.3, -0.25) is 4.79 Å². The molecule has 3 heteroatoms. The lowest BCUT2D eigenvalue weighted by Gasteiger charge is -2.03. The summed E-state index contributed by atoms with van der Waals surface area (Å²) in [5, 5.41) is 0. The van der Waals surface area contributed by atoms with Gasteiger partial charge in [-0.1, -0.05) is 40.2 Å². The van der Waals surface area contributed by atoms with Crippen molar-refractivity contribution in [3.63, 3.8) is 0 Å². The van der Waals surface area contributed by atoms with Gasteiger partial charge >= 0.3 is 0 Å². The predicted octanol–water partition coefficient (Wildman–Crippen LogP) is 4.60. The zero-order valence-corrected chi connectivity index (χ0v) is 12.4. The fraction of sp³-hybridized carbons (Fsp3) is 0.133. The normalized spacial score (nSPS) is 10.3. The van der Waals surface area contributed by atoms with Crippen LogP contribution < -0.4 is 0 Å². The minimum absolute atomic E-state index is 0.152. The van der Waals surface area contributed by atoms with Gasteiger partial charge in [-0.2, -0.15) is 0 Å². The van der Waals surface area contributed by atoms with Crippen molar-refractivity contribution in [3.8, 4) is 0 Å². The molecule has 0 aliphatic carbocycles. The first-order valence-electron chi connectivity index (χ1n) is 5.61. The van der Waals surface area contributed by atoms with E-state index in [1.807, 2.05) is 42.7 Å². The van der Waals surface area contributed by atoms with Gasteiger partial charge in [0.1, 0.15) is 0 Å². The molecule has 2 aromatic rings. The average molecular weight is 321 g/mol. The molecule has 0 fully saturated rings. The molecule has 2 rings (SSSR count). The van der Waals surface area contributed by atoms with Crippen LogP contribution in [0.1, 0.15) is 15.9 Å². The largest absolute Gasteiger partial charge is 0.294 e. The first-order chi connectivity index (χ1) is 8.69. The van der Waals surface area contributed by atoms with Gasteiger partial charge in [-0.05, 0) is 36.1 Å². The molecule has 0 saturated heterocycles. The smallest absolute Gasteiger partial charge is 0.167 e. The lowest BCUT2D eigenvalue weighted by atomic mass is 10.0. The fourth-order valence-electron chi connectivity index (χ4n) is 1.67. The monoisotopic (exact) mass is 320 g/mol. The van der Waals surface area contributed by atoms with Gasteiger partial charge in [-0.25, -0.2) is 0 Å². The summed E-state index contributed by atoms with van der Waals surface area (Å²) < 4.78 is 0.989. The van der Waals surface area contributed by atoms with E-state index in [9.17, 15) is 4.79 Å². The Morgan fingerprint density at radius 2 is 1.67 bits per heavy atom. The number of carbonyl (C=O) groups is 1. The van der Waals surface area contributed by atoms with E-state index in [0.29, 0.717) is 6.42 Å². The summed E-state index contributed by atoms with van der Waals surface area (Å²) in [4.78, 5) is 13.3. The highest BCUT2D eigenvalue weighted by Gasteiger charge is 2.06. The molecule has 0 bridgehead atoms. The summed E-state index contributed by atoms with van der Waals surface area (Å²) in [6.45, 7) is 0. The van der Waals surface area contributed by atoms with Crippen LogP contribution in [0.5, 0.6) is 0 Å². The van der Waals surface area contributed by atoms with Crippen molar-refractivity contribution in [3.05, 3.63) is 64.1 Å². The number of ketones is 1. The highest BCUT2D eigenvalue weighted by molar-refractivity contribution is 9.10. The Morgan fingerprint density at radius 3 is 2.22 bits per heavy atom. The molecule has 0 spiro atoms. The summed E-state index contributed by atoms with van der Waals surface area (Å²) in [5.74, 6) is 0.152. The number of carbonyl (C=O) groups excluding carboxylic acids is 1. The minimum Gasteiger partial charge on any atom is -0.294 e. The summed E-state index contributed by atoms with van der Waals surface area (Å²) >= 11 is 5.07. The molecule has 0 N–H and O–H groups in total. The summed E-state index contributed by atoms with van der Waals surface area (Å²) in [6, 6.07) is 15.6. The standard InChI is InChI=1S/C15H13BrOS/c1-18-14-8-2-11(3-9-14)10-15(17)12-4-6-13(16)7-5-12/h2-9H,10H2,1H3. The van der Waals surface area contributed by atoms with Crippen LogP contribution in [-0.4, -0.2) is 12.0 Å². The Labute approximate surface area is 120 Å². The van der Waals surface area contributed by atoms with Gasteiger partial charge < -0.3 is 0 Å². The lowest BCUT2D eigenvalue weighted by molar-refractivity contribution is 0.0993. The van der Waals surface area contributed by atoms with Gasteiger partial charge in [0.2, 0.25) is 0 Å². The molecular formula is C15H13BrOS. The number of thioether (sulfide) groups is 1. The van der Waals surface area contributed by atoms with E-state index in [0.717, 1.165) is 15.6 Å². The van der Waals surface area contributed by atoms with Gasteiger partial charge in [0.05, 0.1) is 0 Å². The quantitative estimate of drug-likeness (QED) is 0.605. The molecule has 0 unspecified atom stereocenters. The number of hydrogen-bond acceptors (Lipinski definition) is 2. The second kappa shape index (κ2) is 6.21. The van der Waals surface area contributed by atoms with E-state index in [1.165, 1.54) is 4.90 Å². The third-order valence-electron chi connectivity index (χ3n) is 2.69. The molecule has 2 aromatic carbocycles. The second-order valence-electron chi connectivity index (χ2n) is 3.95. The molecule has 0 radical (unpaired) electrons. The molecular weight excluding hydrogens is 308 g/mol. The molecule has 0 saturated carbocycles. The molecule has 0 aliphatic rings. The Balaban J connectivity index is 2.08. The van der Waals surface area contributed by atoms with Crippen LogP contribution in [0.15, 0.2) is 57.9 Å². The molecule has 0 amide bonds. The molecule has 0 atom stereocenters. The van der Waals surface area contributed by atoms with Crippen molar-refractivity contribution in [2.24, 2.45) is 0 Å². The first kappa shape index (κ1) is 13.4. The van der Waals surface area contributed by atoms with E-state index >= 15 is 0 Å². The molecule has 18 heavy (non-hydrogen) atoms. The van der Waals surface area contributed by atoms with Crippen molar-refractivity contribution in [2.75, 3.05) is 6.26 Å². The summed E-state index contributed by atoms with van der Waals surface area (Å²) in [6.07, 6.45) is 2.50. The molecule has 0 aliphatic heterocycles. The summed E-state index contributed by atoms with van der Waals surface area (Å²) in [5.41, 5.74) is 1.81. The Hall–Kier alpha value is -1.06. The Bertz CT molecular complexity index is 531. The number of hydrogen-bond donors (Lipinski definition) is 0. The SMILES string of the molecule is CSc1ccc(CC(=O)c2ccc(Br)cc2)cc1. The van der Waals surface area contributed by atoms with E-state index in [2.05, 4.69) is 28.1 Å². The number of benzene rings is 2. The zero-order chi connectivity index (χ0) is 13.0. The maximum Gasteiger partial charge on any atom is 0.167 e. The van der Waals surface area contributed by atoms with E-state index in [4.69, 9.17) is 0 Å². The maximum absolute atomic E-state index is 12.1.